The minimum Gasteiger partial charge on any atom is -0.394 e. The van der Waals surface area contributed by atoms with Gasteiger partial charge in [-0.1, -0.05) is 6.08 Å². The van der Waals surface area contributed by atoms with Crippen LogP contribution in [0.25, 0.3) is 0 Å². The van der Waals surface area contributed by atoms with Crippen molar-refractivity contribution < 1.29 is 24.8 Å². The fourth-order valence-corrected chi connectivity index (χ4v) is 1.23. The Kier molecular flexibility index (Phi) is 7.53. The summed E-state index contributed by atoms with van der Waals surface area (Å²) in [5.41, 5.74) is -0.778. The highest BCUT2D eigenvalue weighted by atomic mass is 16.6. The van der Waals surface area contributed by atoms with Crippen LogP contribution in [0.15, 0.2) is 12.7 Å². The maximum atomic E-state index is 9.45. The third kappa shape index (κ3) is 5.58. The Morgan fingerprint density at radius 1 is 1.38 bits per heavy atom. The molecular weight excluding hydrogens is 212 g/mol. The van der Waals surface area contributed by atoms with Crippen LogP contribution in [0.3, 0.4) is 0 Å². The molecule has 0 aliphatic carbocycles. The predicted octanol–water partition coefficient (Wildman–Crippen LogP) is 0.0459. The van der Waals surface area contributed by atoms with Crippen LogP contribution in [0, 0.1) is 0 Å². The maximum Gasteiger partial charge on any atom is 0.144 e. The molecule has 0 amide bonds. The van der Waals surface area contributed by atoms with Gasteiger partial charge >= 0.3 is 0 Å². The average Bonchev–Trinajstić information content (AvgIpc) is 2.23. The van der Waals surface area contributed by atoms with Crippen molar-refractivity contribution in [1.82, 2.24) is 0 Å². The summed E-state index contributed by atoms with van der Waals surface area (Å²) >= 11 is 0. The van der Waals surface area contributed by atoms with Gasteiger partial charge < -0.3 is 24.8 Å². The van der Waals surface area contributed by atoms with E-state index in [2.05, 4.69) is 6.58 Å². The summed E-state index contributed by atoms with van der Waals surface area (Å²) in [6.45, 7) is 6.36. The minimum absolute atomic E-state index is 0.129. The number of hydrogen-bond acceptors (Lipinski definition) is 5. The van der Waals surface area contributed by atoms with Crippen LogP contribution in [0.4, 0.5) is 0 Å². The highest BCUT2D eigenvalue weighted by molar-refractivity contribution is 4.81. The molecule has 2 atom stereocenters. The van der Waals surface area contributed by atoms with Crippen LogP contribution in [0.2, 0.25) is 0 Å². The van der Waals surface area contributed by atoms with Crippen molar-refractivity contribution in [1.29, 1.82) is 0 Å². The Labute approximate surface area is 96.3 Å². The molecule has 0 aliphatic rings. The number of aliphatic hydroxyl groups is 3. The van der Waals surface area contributed by atoms with Gasteiger partial charge in [0.2, 0.25) is 0 Å². The number of aliphatic hydroxyl groups excluding tert-OH is 3. The normalized spacial score (nSPS) is 15.8. The Morgan fingerprint density at radius 2 is 2.00 bits per heavy atom. The van der Waals surface area contributed by atoms with E-state index in [0.717, 1.165) is 0 Å². The van der Waals surface area contributed by atoms with Gasteiger partial charge in [0.15, 0.2) is 0 Å². The Balaban J connectivity index is 4.14. The SMILES string of the molecule is C=CCC(O)COC(C)(C)C(CO)OCO. The molecule has 0 aliphatic heterocycles. The van der Waals surface area contributed by atoms with E-state index in [1.807, 2.05) is 0 Å². The Bertz CT molecular complexity index is 193. The molecule has 0 rings (SSSR count). The van der Waals surface area contributed by atoms with Crippen LogP contribution < -0.4 is 0 Å². The first-order valence-electron chi connectivity index (χ1n) is 5.24. The largest absolute Gasteiger partial charge is 0.394 e. The molecule has 0 bridgehead atoms. The lowest BCUT2D eigenvalue weighted by Gasteiger charge is -2.33. The molecule has 0 aromatic heterocycles. The van der Waals surface area contributed by atoms with Gasteiger partial charge in [0, 0.05) is 0 Å². The zero-order valence-electron chi connectivity index (χ0n) is 9.93. The van der Waals surface area contributed by atoms with E-state index in [9.17, 15) is 5.11 Å². The summed E-state index contributed by atoms with van der Waals surface area (Å²) in [7, 11) is 0. The molecule has 16 heavy (non-hydrogen) atoms. The molecule has 0 aromatic carbocycles. The van der Waals surface area contributed by atoms with E-state index in [1.54, 1.807) is 19.9 Å². The van der Waals surface area contributed by atoms with E-state index in [4.69, 9.17) is 19.7 Å². The third-order valence-corrected chi connectivity index (χ3v) is 2.30. The molecule has 5 nitrogen and oxygen atoms in total. The molecule has 0 radical (unpaired) electrons. The summed E-state index contributed by atoms with van der Waals surface area (Å²) in [5.74, 6) is 0. The lowest BCUT2D eigenvalue weighted by Crippen LogP contribution is -2.45. The lowest BCUT2D eigenvalue weighted by molar-refractivity contribution is -0.178. The topological polar surface area (TPSA) is 79.2 Å². The minimum atomic E-state index is -0.778. The van der Waals surface area contributed by atoms with Gasteiger partial charge in [-0.05, 0) is 20.3 Å². The fraction of sp³-hybridized carbons (Fsp3) is 0.818. The monoisotopic (exact) mass is 234 g/mol. The van der Waals surface area contributed by atoms with Crippen LogP contribution in [0.1, 0.15) is 20.3 Å². The van der Waals surface area contributed by atoms with E-state index in [-0.39, 0.29) is 13.2 Å². The number of ether oxygens (including phenoxy) is 2. The van der Waals surface area contributed by atoms with Crippen molar-refractivity contribution in [3.05, 3.63) is 12.7 Å². The number of rotatable bonds is 9. The first-order valence-corrected chi connectivity index (χ1v) is 5.24. The van der Waals surface area contributed by atoms with Gasteiger partial charge in [-0.25, -0.2) is 0 Å². The third-order valence-electron chi connectivity index (χ3n) is 2.30. The standard InChI is InChI=1S/C11H22O5/c1-4-5-9(14)7-16-11(2,3)10(6-12)15-8-13/h4,9-10,12-14H,1,5-8H2,2-3H3. The first-order chi connectivity index (χ1) is 7.47. The van der Waals surface area contributed by atoms with E-state index >= 15 is 0 Å². The number of hydrogen-bond donors (Lipinski definition) is 3. The van der Waals surface area contributed by atoms with Crippen molar-refractivity contribution in [3.63, 3.8) is 0 Å². The smallest absolute Gasteiger partial charge is 0.144 e. The summed E-state index contributed by atoms with van der Waals surface area (Å²) in [6.07, 6.45) is 0.800. The van der Waals surface area contributed by atoms with Crippen molar-refractivity contribution >= 4 is 0 Å². The summed E-state index contributed by atoms with van der Waals surface area (Å²) in [4.78, 5) is 0. The quantitative estimate of drug-likeness (QED) is 0.388. The molecule has 0 heterocycles. The fourth-order valence-electron chi connectivity index (χ4n) is 1.23. The van der Waals surface area contributed by atoms with Gasteiger partial charge in [0.1, 0.15) is 12.9 Å². The van der Waals surface area contributed by atoms with Crippen LogP contribution in [-0.4, -0.2) is 53.1 Å². The molecular formula is C11H22O5. The van der Waals surface area contributed by atoms with Gasteiger partial charge in [-0.3, -0.25) is 0 Å². The molecule has 0 fully saturated rings. The summed E-state index contributed by atoms with van der Waals surface area (Å²) < 4.78 is 10.4. The highest BCUT2D eigenvalue weighted by Crippen LogP contribution is 2.18. The molecule has 96 valence electrons. The van der Waals surface area contributed by atoms with Crippen LogP contribution in [-0.2, 0) is 9.47 Å². The maximum absolute atomic E-state index is 9.45. The predicted molar refractivity (Wildman–Crippen MR) is 59.9 cm³/mol. The Hall–Kier alpha value is -0.460. The van der Waals surface area contributed by atoms with Crippen molar-refractivity contribution in [2.75, 3.05) is 20.0 Å². The molecule has 0 spiro atoms. The molecule has 5 heteroatoms. The van der Waals surface area contributed by atoms with Crippen LogP contribution in [0.5, 0.6) is 0 Å². The average molecular weight is 234 g/mol. The van der Waals surface area contributed by atoms with E-state index in [1.165, 1.54) is 0 Å². The second-order valence-corrected chi connectivity index (χ2v) is 4.06. The zero-order valence-corrected chi connectivity index (χ0v) is 9.93. The van der Waals surface area contributed by atoms with Gasteiger partial charge in [0.25, 0.3) is 0 Å². The lowest BCUT2D eigenvalue weighted by atomic mass is 10.0. The highest BCUT2D eigenvalue weighted by Gasteiger charge is 2.31. The molecule has 3 N–H and O–H groups in total. The van der Waals surface area contributed by atoms with Crippen molar-refractivity contribution in [3.8, 4) is 0 Å². The second kappa shape index (κ2) is 7.76. The first kappa shape index (κ1) is 15.5. The molecule has 0 aromatic rings. The van der Waals surface area contributed by atoms with Gasteiger partial charge in [-0.2, -0.15) is 0 Å². The molecule has 2 unspecified atom stereocenters. The Morgan fingerprint density at radius 3 is 2.44 bits per heavy atom. The van der Waals surface area contributed by atoms with E-state index in [0.29, 0.717) is 6.42 Å². The molecule has 0 saturated carbocycles. The molecule has 0 saturated heterocycles. The van der Waals surface area contributed by atoms with Gasteiger partial charge in [-0.15, -0.1) is 6.58 Å². The van der Waals surface area contributed by atoms with Crippen molar-refractivity contribution in [2.45, 2.75) is 38.1 Å². The summed E-state index contributed by atoms with van der Waals surface area (Å²) in [5, 5.41) is 27.2. The van der Waals surface area contributed by atoms with Crippen molar-refractivity contribution in [2.24, 2.45) is 0 Å². The van der Waals surface area contributed by atoms with E-state index < -0.39 is 24.6 Å². The van der Waals surface area contributed by atoms with Crippen LogP contribution >= 0.6 is 0 Å². The second-order valence-electron chi connectivity index (χ2n) is 4.06. The summed E-state index contributed by atoms with van der Waals surface area (Å²) in [6, 6.07) is 0. The van der Waals surface area contributed by atoms with Gasteiger partial charge in [0.05, 0.1) is 24.9 Å². The zero-order chi connectivity index (χ0) is 12.6.